The van der Waals surface area contributed by atoms with E-state index in [0.29, 0.717) is 0 Å². The molecular formula is C31H41N. The molecule has 0 aliphatic carbocycles. The highest BCUT2D eigenvalue weighted by Crippen LogP contribution is 2.37. The zero-order valence-corrected chi connectivity index (χ0v) is 19.7. The first kappa shape index (κ1) is 24.3. The highest BCUT2D eigenvalue weighted by atomic mass is 14.5. The first-order valence-electron chi connectivity index (χ1n) is 12.6. The average molecular weight is 428 g/mol. The van der Waals surface area contributed by atoms with Crippen LogP contribution in [-0.4, -0.2) is 6.54 Å². The normalized spacial score (nSPS) is 11.5. The Kier molecular flexibility index (Phi) is 10.5. The molecule has 0 aliphatic heterocycles. The first-order valence-corrected chi connectivity index (χ1v) is 12.6. The van der Waals surface area contributed by atoms with E-state index in [4.69, 9.17) is 5.73 Å². The second kappa shape index (κ2) is 13.9. The molecule has 0 spiro atoms. The SMILES string of the molecule is NCCCCCCCCCC(Cc1ccccc1)(Cc1ccccc1)Cc1ccccc1. The minimum absolute atomic E-state index is 0.240. The van der Waals surface area contributed by atoms with Crippen molar-refractivity contribution < 1.29 is 0 Å². The summed E-state index contributed by atoms with van der Waals surface area (Å²) < 4.78 is 0. The van der Waals surface area contributed by atoms with Crippen molar-refractivity contribution in [2.75, 3.05) is 6.54 Å². The Bertz CT molecular complexity index is 740. The minimum atomic E-state index is 0.240. The van der Waals surface area contributed by atoms with Crippen molar-refractivity contribution >= 4 is 0 Å². The summed E-state index contributed by atoms with van der Waals surface area (Å²) in [6.45, 7) is 0.834. The predicted molar refractivity (Wildman–Crippen MR) is 139 cm³/mol. The average Bonchev–Trinajstić information content (AvgIpc) is 2.83. The fourth-order valence-electron chi connectivity index (χ4n) is 5.07. The van der Waals surface area contributed by atoms with Gasteiger partial charge >= 0.3 is 0 Å². The maximum Gasteiger partial charge on any atom is -0.00773 e. The molecule has 0 saturated carbocycles. The molecule has 3 aromatic rings. The van der Waals surface area contributed by atoms with Gasteiger partial charge in [-0.3, -0.25) is 0 Å². The zero-order valence-electron chi connectivity index (χ0n) is 19.7. The zero-order chi connectivity index (χ0) is 22.3. The molecule has 0 unspecified atom stereocenters. The van der Waals surface area contributed by atoms with Gasteiger partial charge in [-0.25, -0.2) is 0 Å². The Morgan fingerprint density at radius 2 is 0.781 bits per heavy atom. The lowest BCUT2D eigenvalue weighted by molar-refractivity contribution is 0.243. The van der Waals surface area contributed by atoms with Gasteiger partial charge in [0.1, 0.15) is 0 Å². The van der Waals surface area contributed by atoms with Crippen LogP contribution in [0.5, 0.6) is 0 Å². The summed E-state index contributed by atoms with van der Waals surface area (Å²) in [5, 5.41) is 0. The third kappa shape index (κ3) is 8.63. The van der Waals surface area contributed by atoms with Gasteiger partial charge in [-0.15, -0.1) is 0 Å². The van der Waals surface area contributed by atoms with Crippen LogP contribution in [0.15, 0.2) is 91.0 Å². The van der Waals surface area contributed by atoms with Crippen LogP contribution < -0.4 is 5.73 Å². The molecule has 2 N–H and O–H groups in total. The van der Waals surface area contributed by atoms with E-state index in [1.54, 1.807) is 0 Å². The molecule has 0 radical (unpaired) electrons. The number of rotatable bonds is 15. The van der Waals surface area contributed by atoms with Crippen LogP contribution in [0.3, 0.4) is 0 Å². The van der Waals surface area contributed by atoms with Crippen LogP contribution in [0.4, 0.5) is 0 Å². The largest absolute Gasteiger partial charge is 0.330 e. The summed E-state index contributed by atoms with van der Waals surface area (Å²) >= 11 is 0. The molecule has 170 valence electrons. The second-order valence-corrected chi connectivity index (χ2v) is 9.50. The lowest BCUT2D eigenvalue weighted by Gasteiger charge is -2.35. The Morgan fingerprint density at radius 1 is 0.438 bits per heavy atom. The number of nitrogens with two attached hydrogens (primary N) is 1. The van der Waals surface area contributed by atoms with Crippen LogP contribution >= 0.6 is 0 Å². The Labute approximate surface area is 196 Å². The third-order valence-corrected chi connectivity index (χ3v) is 6.68. The van der Waals surface area contributed by atoms with Crippen LogP contribution in [-0.2, 0) is 19.3 Å². The molecule has 0 saturated heterocycles. The standard InChI is InChI=1S/C31H41N/c32-24-16-5-3-1-2-4-15-23-31(25-28-17-9-6-10-18-28,26-29-19-11-7-12-20-29)27-30-21-13-8-14-22-30/h6-14,17-22H,1-5,15-16,23-27,32H2. The van der Waals surface area contributed by atoms with Crippen LogP contribution in [0.1, 0.15) is 68.1 Å². The van der Waals surface area contributed by atoms with Gasteiger partial charge in [0.25, 0.3) is 0 Å². The van der Waals surface area contributed by atoms with Crippen molar-refractivity contribution in [3.05, 3.63) is 108 Å². The van der Waals surface area contributed by atoms with E-state index in [2.05, 4.69) is 91.0 Å². The Balaban J connectivity index is 1.74. The van der Waals surface area contributed by atoms with E-state index in [9.17, 15) is 0 Å². The number of unbranched alkanes of at least 4 members (excludes halogenated alkanes) is 6. The highest BCUT2D eigenvalue weighted by Gasteiger charge is 2.30. The van der Waals surface area contributed by atoms with Gasteiger partial charge in [-0.1, -0.05) is 130 Å². The van der Waals surface area contributed by atoms with Gasteiger partial charge < -0.3 is 5.73 Å². The van der Waals surface area contributed by atoms with E-state index in [1.165, 1.54) is 68.1 Å². The second-order valence-electron chi connectivity index (χ2n) is 9.50. The van der Waals surface area contributed by atoms with Crippen molar-refractivity contribution in [1.82, 2.24) is 0 Å². The van der Waals surface area contributed by atoms with Gasteiger partial charge in [-0.2, -0.15) is 0 Å². The fraction of sp³-hybridized carbons (Fsp3) is 0.419. The molecule has 0 heterocycles. The molecule has 1 nitrogen and oxygen atoms in total. The van der Waals surface area contributed by atoms with Gasteiger partial charge in [0.15, 0.2) is 0 Å². The van der Waals surface area contributed by atoms with Gasteiger partial charge in [0.2, 0.25) is 0 Å². The quantitative estimate of drug-likeness (QED) is 0.246. The molecule has 0 atom stereocenters. The van der Waals surface area contributed by atoms with Crippen molar-refractivity contribution in [3.8, 4) is 0 Å². The van der Waals surface area contributed by atoms with E-state index in [-0.39, 0.29) is 5.41 Å². The summed E-state index contributed by atoms with van der Waals surface area (Å²) in [5.74, 6) is 0. The monoisotopic (exact) mass is 427 g/mol. The molecule has 3 aromatic carbocycles. The Hall–Kier alpha value is -2.38. The Morgan fingerprint density at radius 3 is 1.16 bits per heavy atom. The van der Waals surface area contributed by atoms with Crippen LogP contribution in [0.2, 0.25) is 0 Å². The van der Waals surface area contributed by atoms with E-state index in [0.717, 1.165) is 25.8 Å². The topological polar surface area (TPSA) is 26.0 Å². The van der Waals surface area contributed by atoms with E-state index < -0.39 is 0 Å². The lowest BCUT2D eigenvalue weighted by atomic mass is 9.69. The van der Waals surface area contributed by atoms with Crippen molar-refractivity contribution in [2.45, 2.75) is 70.6 Å². The van der Waals surface area contributed by atoms with E-state index >= 15 is 0 Å². The van der Waals surface area contributed by atoms with Crippen molar-refractivity contribution in [3.63, 3.8) is 0 Å². The number of hydrogen-bond acceptors (Lipinski definition) is 1. The summed E-state index contributed by atoms with van der Waals surface area (Å²) in [5.41, 5.74) is 10.2. The maximum atomic E-state index is 5.63. The van der Waals surface area contributed by atoms with Gasteiger partial charge in [0, 0.05) is 0 Å². The summed E-state index contributed by atoms with van der Waals surface area (Å²) in [6.07, 6.45) is 13.8. The molecule has 32 heavy (non-hydrogen) atoms. The highest BCUT2D eigenvalue weighted by molar-refractivity contribution is 5.24. The summed E-state index contributed by atoms with van der Waals surface area (Å²) in [6, 6.07) is 33.4. The predicted octanol–water partition coefficient (Wildman–Crippen LogP) is 7.78. The number of hydrogen-bond donors (Lipinski definition) is 1. The van der Waals surface area contributed by atoms with Gasteiger partial charge in [-0.05, 0) is 60.8 Å². The number of benzene rings is 3. The van der Waals surface area contributed by atoms with Crippen LogP contribution in [0.25, 0.3) is 0 Å². The molecular weight excluding hydrogens is 386 g/mol. The van der Waals surface area contributed by atoms with Crippen molar-refractivity contribution in [1.29, 1.82) is 0 Å². The lowest BCUT2D eigenvalue weighted by Crippen LogP contribution is -2.30. The molecule has 0 fully saturated rings. The van der Waals surface area contributed by atoms with E-state index in [1.807, 2.05) is 0 Å². The maximum absolute atomic E-state index is 5.63. The molecule has 0 bridgehead atoms. The molecule has 1 heteroatoms. The smallest absolute Gasteiger partial charge is 0.00773 e. The third-order valence-electron chi connectivity index (χ3n) is 6.68. The molecule has 0 aliphatic rings. The van der Waals surface area contributed by atoms with Gasteiger partial charge in [0.05, 0.1) is 0 Å². The fourth-order valence-corrected chi connectivity index (χ4v) is 5.07. The molecule has 0 aromatic heterocycles. The first-order chi connectivity index (χ1) is 15.8. The minimum Gasteiger partial charge on any atom is -0.330 e. The summed E-state index contributed by atoms with van der Waals surface area (Å²) in [7, 11) is 0. The van der Waals surface area contributed by atoms with Crippen molar-refractivity contribution in [2.24, 2.45) is 11.1 Å². The summed E-state index contributed by atoms with van der Waals surface area (Å²) in [4.78, 5) is 0. The molecule has 3 rings (SSSR count). The van der Waals surface area contributed by atoms with Crippen LogP contribution in [0, 0.1) is 5.41 Å². The molecule has 0 amide bonds.